The Morgan fingerprint density at radius 2 is 1.95 bits per heavy atom. The van der Waals surface area contributed by atoms with Crippen molar-refractivity contribution in [2.24, 2.45) is 5.73 Å². The summed E-state index contributed by atoms with van der Waals surface area (Å²) in [6.45, 7) is 0.844. The summed E-state index contributed by atoms with van der Waals surface area (Å²) >= 11 is 0. The van der Waals surface area contributed by atoms with Crippen LogP contribution in [0.3, 0.4) is 0 Å². The highest BCUT2D eigenvalue weighted by Crippen LogP contribution is 2.35. The van der Waals surface area contributed by atoms with Crippen LogP contribution < -0.4 is 25.8 Å². The number of fused-ring (bicyclic) bond motifs is 1. The Morgan fingerprint density at radius 1 is 1.14 bits per heavy atom. The van der Waals surface area contributed by atoms with Crippen molar-refractivity contribution < 1.29 is 14.3 Å². The minimum absolute atomic E-state index is 0.254. The van der Waals surface area contributed by atoms with Gasteiger partial charge in [-0.05, 0) is 24.3 Å². The van der Waals surface area contributed by atoms with E-state index in [2.05, 4.69) is 10.6 Å². The van der Waals surface area contributed by atoms with Crippen molar-refractivity contribution in [3.8, 4) is 11.5 Å². The molecule has 21 heavy (non-hydrogen) atoms. The van der Waals surface area contributed by atoms with Gasteiger partial charge in [-0.3, -0.25) is 0 Å². The molecule has 6 nitrogen and oxygen atoms in total. The largest absolute Gasteiger partial charge is 0.454 e. The molecule has 0 aliphatic carbocycles. The Labute approximate surface area is 121 Å². The number of amides is 2. The Kier molecular flexibility index (Phi) is 3.51. The monoisotopic (exact) mass is 285 g/mol. The Morgan fingerprint density at radius 3 is 2.81 bits per heavy atom. The molecule has 108 valence electrons. The van der Waals surface area contributed by atoms with Crippen LogP contribution in [0.4, 0.5) is 16.2 Å². The second-order valence-electron chi connectivity index (χ2n) is 4.57. The molecule has 0 fully saturated rings. The average molecular weight is 285 g/mol. The van der Waals surface area contributed by atoms with Gasteiger partial charge in [0, 0.05) is 23.5 Å². The molecular formula is C15H15N3O3. The van der Waals surface area contributed by atoms with E-state index in [9.17, 15) is 4.79 Å². The number of nitrogens with one attached hydrogen (secondary N) is 2. The number of carbonyl (C=O) groups is 1. The number of benzene rings is 2. The molecule has 1 aliphatic heterocycles. The first kappa shape index (κ1) is 13.1. The van der Waals surface area contributed by atoms with E-state index in [4.69, 9.17) is 15.2 Å². The van der Waals surface area contributed by atoms with Crippen LogP contribution in [0.5, 0.6) is 11.5 Å². The van der Waals surface area contributed by atoms with Crippen molar-refractivity contribution in [1.29, 1.82) is 0 Å². The molecule has 6 heteroatoms. The Hall–Kier alpha value is -2.89. The first-order valence-electron chi connectivity index (χ1n) is 6.50. The third-order valence-corrected chi connectivity index (χ3v) is 3.09. The SMILES string of the molecule is NC(=O)Nc1cccc(NCc2cccc3c2OCO3)c1. The number of hydrogen-bond donors (Lipinski definition) is 3. The molecule has 0 saturated carbocycles. The predicted molar refractivity (Wildman–Crippen MR) is 79.5 cm³/mol. The molecule has 3 rings (SSSR count). The smallest absolute Gasteiger partial charge is 0.316 e. The molecule has 1 aliphatic rings. The van der Waals surface area contributed by atoms with Gasteiger partial charge in [-0.25, -0.2) is 4.79 Å². The summed E-state index contributed by atoms with van der Waals surface area (Å²) in [6.07, 6.45) is 0. The van der Waals surface area contributed by atoms with Gasteiger partial charge in [0.2, 0.25) is 6.79 Å². The van der Waals surface area contributed by atoms with Crippen molar-refractivity contribution in [1.82, 2.24) is 0 Å². The molecule has 0 aromatic heterocycles. The highest BCUT2D eigenvalue weighted by Gasteiger charge is 2.16. The molecule has 0 radical (unpaired) electrons. The normalized spacial score (nSPS) is 12.0. The third-order valence-electron chi connectivity index (χ3n) is 3.09. The van der Waals surface area contributed by atoms with E-state index >= 15 is 0 Å². The van der Waals surface area contributed by atoms with Gasteiger partial charge in [0.1, 0.15) is 0 Å². The van der Waals surface area contributed by atoms with E-state index in [1.54, 1.807) is 6.07 Å². The quantitative estimate of drug-likeness (QED) is 0.805. The van der Waals surface area contributed by atoms with Crippen LogP contribution >= 0.6 is 0 Å². The van der Waals surface area contributed by atoms with Gasteiger partial charge in [0.15, 0.2) is 11.5 Å². The lowest BCUT2D eigenvalue weighted by Crippen LogP contribution is -2.19. The predicted octanol–water partition coefficient (Wildman–Crippen LogP) is 2.52. The zero-order chi connectivity index (χ0) is 14.7. The molecule has 2 aromatic carbocycles. The number of para-hydroxylation sites is 1. The second-order valence-corrected chi connectivity index (χ2v) is 4.57. The molecule has 0 spiro atoms. The number of ether oxygens (including phenoxy) is 2. The van der Waals surface area contributed by atoms with Crippen molar-refractivity contribution in [2.45, 2.75) is 6.54 Å². The fourth-order valence-corrected chi connectivity index (χ4v) is 2.18. The zero-order valence-corrected chi connectivity index (χ0v) is 11.3. The van der Waals surface area contributed by atoms with E-state index in [1.807, 2.05) is 36.4 Å². The van der Waals surface area contributed by atoms with Crippen molar-refractivity contribution in [3.05, 3.63) is 48.0 Å². The Balaban J connectivity index is 1.71. The Bertz CT molecular complexity index is 673. The van der Waals surface area contributed by atoms with Crippen LogP contribution in [0.2, 0.25) is 0 Å². The van der Waals surface area contributed by atoms with Crippen LogP contribution in [0.15, 0.2) is 42.5 Å². The van der Waals surface area contributed by atoms with E-state index in [-0.39, 0.29) is 6.79 Å². The molecule has 1 heterocycles. The summed E-state index contributed by atoms with van der Waals surface area (Å²) in [7, 11) is 0. The zero-order valence-electron chi connectivity index (χ0n) is 11.3. The maximum absolute atomic E-state index is 10.8. The van der Waals surface area contributed by atoms with Crippen LogP contribution in [0, 0.1) is 0 Å². The van der Waals surface area contributed by atoms with Crippen molar-refractivity contribution >= 4 is 17.4 Å². The van der Waals surface area contributed by atoms with Gasteiger partial charge in [0.05, 0.1) is 0 Å². The molecule has 0 atom stereocenters. The van der Waals surface area contributed by atoms with Crippen LogP contribution in [-0.4, -0.2) is 12.8 Å². The lowest BCUT2D eigenvalue weighted by molar-refractivity contribution is 0.173. The second kappa shape index (κ2) is 5.62. The summed E-state index contributed by atoms with van der Waals surface area (Å²) in [5, 5.41) is 5.82. The van der Waals surface area contributed by atoms with Gasteiger partial charge >= 0.3 is 6.03 Å². The topological polar surface area (TPSA) is 85.6 Å². The van der Waals surface area contributed by atoms with Gasteiger partial charge in [-0.2, -0.15) is 0 Å². The van der Waals surface area contributed by atoms with Crippen molar-refractivity contribution in [2.75, 3.05) is 17.4 Å². The van der Waals surface area contributed by atoms with Gasteiger partial charge in [0.25, 0.3) is 0 Å². The lowest BCUT2D eigenvalue weighted by atomic mass is 10.2. The summed E-state index contributed by atoms with van der Waals surface area (Å²) in [5.41, 5.74) is 7.63. The maximum atomic E-state index is 10.8. The number of nitrogens with two attached hydrogens (primary N) is 1. The lowest BCUT2D eigenvalue weighted by Gasteiger charge is -2.10. The first-order valence-corrected chi connectivity index (χ1v) is 6.50. The van der Waals surface area contributed by atoms with Gasteiger partial charge in [-0.15, -0.1) is 0 Å². The summed E-state index contributed by atoms with van der Waals surface area (Å²) in [6, 6.07) is 12.5. The minimum atomic E-state index is -0.585. The number of primary amides is 1. The summed E-state index contributed by atoms with van der Waals surface area (Å²) < 4.78 is 10.8. The molecule has 0 saturated heterocycles. The summed E-state index contributed by atoms with van der Waals surface area (Å²) in [5.74, 6) is 1.54. The number of anilines is 2. The fourth-order valence-electron chi connectivity index (χ4n) is 2.18. The summed E-state index contributed by atoms with van der Waals surface area (Å²) in [4.78, 5) is 10.8. The van der Waals surface area contributed by atoms with E-state index < -0.39 is 6.03 Å². The highest BCUT2D eigenvalue weighted by molar-refractivity contribution is 5.88. The van der Waals surface area contributed by atoms with Crippen molar-refractivity contribution in [3.63, 3.8) is 0 Å². The number of carbonyl (C=O) groups excluding carboxylic acids is 1. The van der Waals surface area contributed by atoms with Gasteiger partial charge < -0.3 is 25.8 Å². The molecule has 4 N–H and O–H groups in total. The van der Waals surface area contributed by atoms with E-state index in [0.29, 0.717) is 12.2 Å². The standard InChI is InChI=1S/C15H15N3O3/c16-15(19)18-12-5-2-4-11(7-12)17-8-10-3-1-6-13-14(10)21-9-20-13/h1-7,17H,8-9H2,(H3,16,18,19). The molecule has 0 unspecified atom stereocenters. The molecular weight excluding hydrogens is 270 g/mol. The number of urea groups is 1. The first-order chi connectivity index (χ1) is 10.2. The van der Waals surface area contributed by atoms with Crippen LogP contribution in [-0.2, 0) is 6.54 Å². The molecule has 2 aromatic rings. The third kappa shape index (κ3) is 3.00. The van der Waals surface area contributed by atoms with E-state index in [0.717, 1.165) is 22.7 Å². The van der Waals surface area contributed by atoms with Crippen LogP contribution in [0.25, 0.3) is 0 Å². The maximum Gasteiger partial charge on any atom is 0.316 e. The minimum Gasteiger partial charge on any atom is -0.454 e. The van der Waals surface area contributed by atoms with Crippen LogP contribution in [0.1, 0.15) is 5.56 Å². The van der Waals surface area contributed by atoms with E-state index in [1.165, 1.54) is 0 Å². The number of hydrogen-bond acceptors (Lipinski definition) is 4. The van der Waals surface area contributed by atoms with Gasteiger partial charge in [-0.1, -0.05) is 18.2 Å². The average Bonchev–Trinajstić information content (AvgIpc) is 2.93. The molecule has 2 amide bonds. The molecule has 0 bridgehead atoms. The fraction of sp³-hybridized carbons (Fsp3) is 0.133. The number of rotatable bonds is 4. The highest BCUT2D eigenvalue weighted by atomic mass is 16.7.